The van der Waals surface area contributed by atoms with Crippen LogP contribution < -0.4 is 11.1 Å². The van der Waals surface area contributed by atoms with Crippen LogP contribution in [0, 0.1) is 0 Å². The van der Waals surface area contributed by atoms with E-state index in [0.717, 1.165) is 5.70 Å². The molecule has 1 aliphatic carbocycles. The summed E-state index contributed by atoms with van der Waals surface area (Å²) < 4.78 is 0. The lowest BCUT2D eigenvalue weighted by Gasteiger charge is -2.30. The lowest BCUT2D eigenvalue weighted by molar-refractivity contribution is -0.136. The minimum Gasteiger partial charge on any atom is -0.402 e. The summed E-state index contributed by atoms with van der Waals surface area (Å²) in [6.07, 6.45) is 4.72. The number of nitrogens with one attached hydrogen (secondary N) is 1. The van der Waals surface area contributed by atoms with E-state index in [1.165, 1.54) is 4.90 Å². The number of imide groups is 1. The van der Waals surface area contributed by atoms with Crippen molar-refractivity contribution in [3.63, 3.8) is 0 Å². The molecular weight excluding hydrogens is 260 g/mol. The largest absolute Gasteiger partial charge is 0.402 e. The Kier molecular flexibility index (Phi) is 2.77. The average Bonchev–Trinajstić information content (AvgIpc) is 2.63. The summed E-state index contributed by atoms with van der Waals surface area (Å²) in [5.41, 5.74) is 7.29. The molecule has 2 saturated heterocycles. The molecule has 2 unspecified atom stereocenters. The van der Waals surface area contributed by atoms with Crippen molar-refractivity contribution in [2.75, 3.05) is 7.05 Å². The standard InChI is InChI=1S/C13H16N4O3/c1-16-10-6-7(14)2-3-8(10)17(13(16)20)9-4-5-11(18)15-12(9)19/h2-3,9-10H,4-6,14H2,1H3,(H,15,18,19). The number of piperidine rings is 1. The van der Waals surface area contributed by atoms with E-state index in [1.807, 2.05) is 0 Å². The van der Waals surface area contributed by atoms with Crippen molar-refractivity contribution in [2.24, 2.45) is 5.73 Å². The van der Waals surface area contributed by atoms with Gasteiger partial charge in [0, 0.05) is 31.3 Å². The normalized spacial score (nSPS) is 29.9. The molecule has 0 aromatic heterocycles. The first-order chi connectivity index (χ1) is 9.49. The van der Waals surface area contributed by atoms with Crippen molar-refractivity contribution in [3.8, 4) is 0 Å². The van der Waals surface area contributed by atoms with Crippen LogP contribution in [-0.2, 0) is 9.59 Å². The molecule has 2 atom stereocenters. The van der Waals surface area contributed by atoms with Gasteiger partial charge in [-0.15, -0.1) is 0 Å². The first kappa shape index (κ1) is 12.7. The van der Waals surface area contributed by atoms with Crippen LogP contribution in [0.5, 0.6) is 0 Å². The fraction of sp³-hybridized carbons (Fsp3) is 0.462. The number of carbonyl (C=O) groups excluding carboxylic acids is 3. The second-order valence-electron chi connectivity index (χ2n) is 5.28. The van der Waals surface area contributed by atoms with Crippen LogP contribution in [0.1, 0.15) is 19.3 Å². The van der Waals surface area contributed by atoms with Crippen molar-refractivity contribution in [3.05, 3.63) is 23.5 Å². The molecule has 4 amide bonds. The monoisotopic (exact) mass is 276 g/mol. The van der Waals surface area contributed by atoms with Crippen LogP contribution in [0.3, 0.4) is 0 Å². The average molecular weight is 276 g/mol. The van der Waals surface area contributed by atoms with Crippen molar-refractivity contribution in [1.82, 2.24) is 15.1 Å². The van der Waals surface area contributed by atoms with Crippen LogP contribution in [0.2, 0.25) is 0 Å². The molecule has 0 bridgehead atoms. The number of allylic oxidation sites excluding steroid dienone is 2. The van der Waals surface area contributed by atoms with Gasteiger partial charge in [0.2, 0.25) is 11.8 Å². The quantitative estimate of drug-likeness (QED) is 0.640. The van der Waals surface area contributed by atoms with Crippen LogP contribution in [0.25, 0.3) is 0 Å². The van der Waals surface area contributed by atoms with E-state index in [4.69, 9.17) is 5.73 Å². The molecule has 3 rings (SSSR count). The van der Waals surface area contributed by atoms with Gasteiger partial charge in [0.15, 0.2) is 0 Å². The third kappa shape index (κ3) is 1.77. The van der Waals surface area contributed by atoms with Crippen LogP contribution in [-0.4, -0.2) is 46.8 Å². The smallest absolute Gasteiger partial charge is 0.325 e. The highest BCUT2D eigenvalue weighted by Gasteiger charge is 2.46. The van der Waals surface area contributed by atoms with Crippen molar-refractivity contribution in [2.45, 2.75) is 31.3 Å². The Hall–Kier alpha value is -2.31. The molecule has 7 nitrogen and oxygen atoms in total. The van der Waals surface area contributed by atoms with Gasteiger partial charge in [-0.25, -0.2) is 4.79 Å². The van der Waals surface area contributed by atoms with E-state index in [2.05, 4.69) is 5.32 Å². The summed E-state index contributed by atoms with van der Waals surface area (Å²) >= 11 is 0. The summed E-state index contributed by atoms with van der Waals surface area (Å²) in [6, 6.07) is -0.969. The Morgan fingerprint density at radius 2 is 2.00 bits per heavy atom. The van der Waals surface area contributed by atoms with Crippen LogP contribution in [0.15, 0.2) is 23.5 Å². The Labute approximate surface area is 116 Å². The lowest BCUT2D eigenvalue weighted by Crippen LogP contribution is -2.52. The number of rotatable bonds is 1. The summed E-state index contributed by atoms with van der Waals surface area (Å²) in [6.45, 7) is 0. The number of nitrogens with zero attached hydrogens (tertiary/aromatic N) is 2. The van der Waals surface area contributed by atoms with E-state index in [-0.39, 0.29) is 24.4 Å². The third-order valence-electron chi connectivity index (χ3n) is 4.01. The number of hydrogen-bond donors (Lipinski definition) is 2. The molecule has 0 aromatic rings. The zero-order chi connectivity index (χ0) is 14.4. The number of nitrogens with two attached hydrogens (primary N) is 1. The first-order valence-corrected chi connectivity index (χ1v) is 6.55. The zero-order valence-electron chi connectivity index (χ0n) is 11.1. The molecule has 3 aliphatic rings. The highest BCUT2D eigenvalue weighted by atomic mass is 16.2. The summed E-state index contributed by atoms with van der Waals surface area (Å²) in [5, 5.41) is 2.29. The molecule has 20 heavy (non-hydrogen) atoms. The predicted octanol–water partition coefficient (Wildman–Crippen LogP) is -0.342. The molecule has 7 heteroatoms. The van der Waals surface area contributed by atoms with Gasteiger partial charge in [-0.1, -0.05) is 0 Å². The van der Waals surface area contributed by atoms with Crippen molar-refractivity contribution < 1.29 is 14.4 Å². The number of amides is 4. The molecule has 2 aliphatic heterocycles. The maximum Gasteiger partial charge on any atom is 0.325 e. The van der Waals surface area contributed by atoms with Gasteiger partial charge in [-0.2, -0.15) is 0 Å². The van der Waals surface area contributed by atoms with Crippen molar-refractivity contribution >= 4 is 17.8 Å². The fourth-order valence-electron chi connectivity index (χ4n) is 2.93. The molecule has 0 aromatic carbocycles. The maximum absolute atomic E-state index is 12.4. The molecule has 0 saturated carbocycles. The lowest BCUT2D eigenvalue weighted by atomic mass is 9.99. The van der Waals surface area contributed by atoms with Gasteiger partial charge in [-0.05, 0) is 18.6 Å². The van der Waals surface area contributed by atoms with E-state index in [9.17, 15) is 14.4 Å². The number of fused-ring (bicyclic) bond motifs is 1. The van der Waals surface area contributed by atoms with Crippen molar-refractivity contribution in [1.29, 1.82) is 0 Å². The molecule has 0 radical (unpaired) electrons. The third-order valence-corrected chi connectivity index (χ3v) is 4.01. The maximum atomic E-state index is 12.4. The summed E-state index contributed by atoms with van der Waals surface area (Å²) in [5.74, 6) is -0.698. The van der Waals surface area contributed by atoms with E-state index >= 15 is 0 Å². The molecule has 106 valence electrons. The summed E-state index contributed by atoms with van der Waals surface area (Å²) in [4.78, 5) is 38.7. The molecule has 2 heterocycles. The second-order valence-corrected chi connectivity index (χ2v) is 5.28. The molecule has 0 spiro atoms. The number of carbonyl (C=O) groups is 3. The highest BCUT2D eigenvalue weighted by molar-refractivity contribution is 6.02. The first-order valence-electron chi connectivity index (χ1n) is 6.55. The van der Waals surface area contributed by atoms with Gasteiger partial charge in [0.05, 0.1) is 6.04 Å². The Bertz CT molecular complexity index is 566. The number of urea groups is 1. The summed E-state index contributed by atoms with van der Waals surface area (Å²) in [7, 11) is 1.70. The minimum atomic E-state index is -0.619. The van der Waals surface area contributed by atoms with Crippen LogP contribution in [0.4, 0.5) is 4.79 Å². The Morgan fingerprint density at radius 3 is 2.70 bits per heavy atom. The van der Waals surface area contributed by atoms with E-state index < -0.39 is 11.9 Å². The van der Waals surface area contributed by atoms with Gasteiger partial charge in [0.25, 0.3) is 0 Å². The highest BCUT2D eigenvalue weighted by Crippen LogP contribution is 2.34. The fourth-order valence-corrected chi connectivity index (χ4v) is 2.93. The Morgan fingerprint density at radius 1 is 1.25 bits per heavy atom. The van der Waals surface area contributed by atoms with Gasteiger partial charge < -0.3 is 10.6 Å². The van der Waals surface area contributed by atoms with E-state index in [0.29, 0.717) is 18.5 Å². The second kappa shape index (κ2) is 4.36. The minimum absolute atomic E-state index is 0.127. The van der Waals surface area contributed by atoms with Gasteiger partial charge in [0.1, 0.15) is 6.04 Å². The zero-order valence-corrected chi connectivity index (χ0v) is 11.1. The number of likely N-dealkylation sites (N-methyl/N-ethyl adjacent to an activating group) is 1. The molecule has 2 fully saturated rings. The SMILES string of the molecule is CN1C(=O)N(C2CCC(=O)NC2=O)C2=CC=C(N)CC21. The van der Waals surface area contributed by atoms with E-state index in [1.54, 1.807) is 24.1 Å². The number of hydrogen-bond acceptors (Lipinski definition) is 4. The molecular formula is C13H16N4O3. The Balaban J connectivity index is 1.94. The topological polar surface area (TPSA) is 95.7 Å². The van der Waals surface area contributed by atoms with Gasteiger partial charge >= 0.3 is 6.03 Å². The van der Waals surface area contributed by atoms with Crippen LogP contribution >= 0.6 is 0 Å². The van der Waals surface area contributed by atoms with Gasteiger partial charge in [-0.3, -0.25) is 19.8 Å². The predicted molar refractivity (Wildman–Crippen MR) is 69.9 cm³/mol. The molecule has 3 N–H and O–H groups in total.